The number of carboxylic acid groups (broad SMARTS) is 1. The van der Waals surface area contributed by atoms with Crippen LogP contribution in [0.2, 0.25) is 0 Å². The lowest BCUT2D eigenvalue weighted by molar-refractivity contribution is -0.245. The molecule has 1 aliphatic heterocycles. The lowest BCUT2D eigenvalue weighted by Gasteiger charge is -2.73. The molecule has 49 heavy (non-hydrogen) atoms. The summed E-state index contributed by atoms with van der Waals surface area (Å²) in [7, 11) is 0. The van der Waals surface area contributed by atoms with Gasteiger partial charge in [-0.1, -0.05) is 55.5 Å². The first kappa shape index (κ1) is 38.9. The van der Waals surface area contributed by atoms with Crippen LogP contribution in [0.15, 0.2) is 12.2 Å². The first-order valence-electron chi connectivity index (χ1n) is 18.9. The van der Waals surface area contributed by atoms with Crippen molar-refractivity contribution < 1.29 is 39.5 Å². The zero-order valence-electron chi connectivity index (χ0n) is 30.9. The number of carbonyl (C=O) groups excluding carboxylic acids is 1. The minimum absolute atomic E-state index is 0. The van der Waals surface area contributed by atoms with Crippen LogP contribution in [0.3, 0.4) is 0 Å². The molecule has 5 saturated carbocycles. The number of carboxylic acids is 1. The maximum atomic E-state index is 14.7. The monoisotopic (exact) mass is 688 g/mol. The molecule has 7 unspecified atom stereocenters. The summed E-state index contributed by atoms with van der Waals surface area (Å²) >= 11 is 0. The number of rotatable bonds is 6. The molecule has 0 spiro atoms. The van der Waals surface area contributed by atoms with Crippen molar-refractivity contribution in [2.24, 2.45) is 56.2 Å². The van der Waals surface area contributed by atoms with Crippen molar-refractivity contribution in [3.8, 4) is 0 Å². The number of Topliss-reactive ketones (excluding diaryl/α,β-unsaturated/α-hetero) is 1. The van der Waals surface area contributed by atoms with Crippen molar-refractivity contribution in [3.63, 3.8) is 0 Å². The van der Waals surface area contributed by atoms with Gasteiger partial charge in [0.2, 0.25) is 0 Å². The van der Waals surface area contributed by atoms with Gasteiger partial charge in [-0.15, -0.1) is 0 Å². The van der Waals surface area contributed by atoms with Gasteiger partial charge in [-0.05, 0) is 128 Å². The maximum Gasteiger partial charge on any atom is 0.309 e. The molecule has 1 heterocycles. The molecule has 0 amide bonds. The predicted octanol–water partition coefficient (Wildman–Crippen LogP) is 6.97. The van der Waals surface area contributed by atoms with Crippen LogP contribution in [0.5, 0.6) is 0 Å². The molecule has 6 fully saturated rings. The molecule has 8 heteroatoms. The summed E-state index contributed by atoms with van der Waals surface area (Å²) in [6.45, 7) is 22.5. The van der Waals surface area contributed by atoms with Crippen molar-refractivity contribution in [3.05, 3.63) is 12.2 Å². The standard InChI is InChI=1S/C40H64O8.CH4/c1-22(18-27-31(43)32(44)30(42)23(2)48-27)21-47-29-11-12-38(7)28(35(29,3)4)10-13-40(9)33(38)26(41)19-24-25-20-37(6,34(45)46)15-14-36(25,5)16-17-39(24,40)8;/h23-25,27-33,42-44H,1,10-21H2,2-9H3,(H,45,46);1H4/t23-,24?,25?,27-,28?,29?,30?,31?,32?,33-,36+,37-,38-,39+,40+;/m0./s1. The number of ketones is 1. The van der Waals surface area contributed by atoms with Gasteiger partial charge < -0.3 is 29.9 Å². The highest BCUT2D eigenvalue weighted by Gasteiger charge is 2.72. The van der Waals surface area contributed by atoms with Crippen molar-refractivity contribution in [2.45, 2.75) is 170 Å². The molecule has 0 aromatic carbocycles. The van der Waals surface area contributed by atoms with Crippen LogP contribution in [-0.4, -0.2) is 75.4 Å². The second-order valence-corrected chi connectivity index (χ2v) is 19.4. The minimum Gasteiger partial charge on any atom is -0.481 e. The Balaban J connectivity index is 0.00000468. The van der Waals surface area contributed by atoms with Crippen molar-refractivity contribution in [1.82, 2.24) is 0 Å². The van der Waals surface area contributed by atoms with E-state index in [2.05, 4.69) is 48.1 Å². The quantitative estimate of drug-likeness (QED) is 0.220. The number of ether oxygens (including phenoxy) is 2. The SMILES string of the molecule is C.C=C(COC1CC[C@@]2(C)C(CC[C@]3(C)[C@H]2C(=O)CC2C4C[C@@](C)(C(=O)O)CC[C@]4(C)CC[C@]23C)C1(C)C)C[C@@H]1O[C@@H](C)C(O)C(O)C1O. The lowest BCUT2D eigenvalue weighted by Crippen LogP contribution is -2.69. The van der Waals surface area contributed by atoms with Crippen molar-refractivity contribution in [2.75, 3.05) is 6.61 Å². The Kier molecular flexibility index (Phi) is 10.1. The van der Waals surface area contributed by atoms with Gasteiger partial charge in [-0.25, -0.2) is 0 Å². The van der Waals surface area contributed by atoms with Gasteiger partial charge in [-0.3, -0.25) is 9.59 Å². The molecule has 280 valence electrons. The van der Waals surface area contributed by atoms with Crippen molar-refractivity contribution >= 4 is 11.8 Å². The summed E-state index contributed by atoms with van der Waals surface area (Å²) in [4.78, 5) is 27.2. The number of hydrogen-bond acceptors (Lipinski definition) is 7. The van der Waals surface area contributed by atoms with Crippen LogP contribution in [0, 0.1) is 56.2 Å². The fourth-order valence-electron chi connectivity index (χ4n) is 13.2. The summed E-state index contributed by atoms with van der Waals surface area (Å²) in [5.74, 6) is 0.501. The Bertz CT molecular complexity index is 1310. The second kappa shape index (κ2) is 12.7. The Morgan fingerprint density at radius 1 is 0.878 bits per heavy atom. The van der Waals surface area contributed by atoms with Crippen molar-refractivity contribution in [1.29, 1.82) is 0 Å². The van der Waals surface area contributed by atoms with Gasteiger partial charge >= 0.3 is 5.97 Å². The molecule has 6 aliphatic rings. The van der Waals surface area contributed by atoms with Gasteiger partial charge in [0.25, 0.3) is 0 Å². The second-order valence-electron chi connectivity index (χ2n) is 19.4. The van der Waals surface area contributed by atoms with Gasteiger partial charge in [-0.2, -0.15) is 0 Å². The first-order chi connectivity index (χ1) is 22.1. The summed E-state index contributed by atoms with van der Waals surface area (Å²) < 4.78 is 12.4. The minimum atomic E-state index is -1.26. The van der Waals surface area contributed by atoms with E-state index >= 15 is 0 Å². The van der Waals surface area contributed by atoms with Crippen LogP contribution >= 0.6 is 0 Å². The van der Waals surface area contributed by atoms with E-state index in [0.29, 0.717) is 37.6 Å². The molecular formula is C41H68O8. The summed E-state index contributed by atoms with van der Waals surface area (Å²) in [6.07, 6.45) is 4.48. The molecule has 0 bridgehead atoms. The van der Waals surface area contributed by atoms with Gasteiger partial charge in [0.05, 0.1) is 30.3 Å². The van der Waals surface area contributed by atoms with Crippen LogP contribution in [0.25, 0.3) is 0 Å². The van der Waals surface area contributed by atoms with E-state index in [4.69, 9.17) is 9.47 Å². The van der Waals surface area contributed by atoms with E-state index in [1.54, 1.807) is 6.92 Å². The predicted molar refractivity (Wildman–Crippen MR) is 190 cm³/mol. The number of aliphatic hydroxyl groups is 3. The van der Waals surface area contributed by atoms with E-state index in [-0.39, 0.29) is 58.4 Å². The summed E-state index contributed by atoms with van der Waals surface area (Å²) in [5, 5.41) is 41.0. The van der Waals surface area contributed by atoms with Crippen LogP contribution in [-0.2, 0) is 19.1 Å². The average molecular weight is 689 g/mol. The van der Waals surface area contributed by atoms with E-state index in [0.717, 1.165) is 56.9 Å². The highest BCUT2D eigenvalue weighted by Crippen LogP contribution is 2.76. The molecular weight excluding hydrogens is 620 g/mol. The smallest absolute Gasteiger partial charge is 0.309 e. The number of aliphatic carboxylic acids is 1. The van der Waals surface area contributed by atoms with Gasteiger partial charge in [0.15, 0.2) is 0 Å². The highest BCUT2D eigenvalue weighted by molar-refractivity contribution is 5.85. The molecule has 1 saturated heterocycles. The molecule has 8 nitrogen and oxygen atoms in total. The van der Waals surface area contributed by atoms with Gasteiger partial charge in [0.1, 0.15) is 24.1 Å². The third-order valence-corrected chi connectivity index (χ3v) is 16.5. The molecule has 6 rings (SSSR count). The number of fused-ring (bicyclic) bond motifs is 7. The lowest BCUT2D eigenvalue weighted by atomic mass is 9.31. The third kappa shape index (κ3) is 5.72. The average Bonchev–Trinajstić information content (AvgIpc) is 3.00. The van der Waals surface area contributed by atoms with Gasteiger partial charge in [0, 0.05) is 12.3 Å². The number of carbonyl (C=O) groups is 2. The summed E-state index contributed by atoms with van der Waals surface area (Å²) in [5.41, 5.74) is -0.290. The Hall–Kier alpha value is -1.32. The van der Waals surface area contributed by atoms with Crippen LogP contribution in [0.1, 0.15) is 133 Å². The zero-order chi connectivity index (χ0) is 35.4. The van der Waals surface area contributed by atoms with E-state index < -0.39 is 41.9 Å². The van der Waals surface area contributed by atoms with Crippen LogP contribution in [0.4, 0.5) is 0 Å². The Labute approximate surface area is 295 Å². The van der Waals surface area contributed by atoms with E-state index in [1.807, 2.05) is 6.92 Å². The van der Waals surface area contributed by atoms with E-state index in [9.17, 15) is 30.0 Å². The Morgan fingerprint density at radius 2 is 1.53 bits per heavy atom. The molecule has 15 atom stereocenters. The molecule has 0 aromatic rings. The maximum absolute atomic E-state index is 14.7. The Morgan fingerprint density at radius 3 is 2.18 bits per heavy atom. The number of hydrogen-bond donors (Lipinski definition) is 4. The first-order valence-corrected chi connectivity index (χ1v) is 18.9. The fourth-order valence-corrected chi connectivity index (χ4v) is 13.2. The zero-order valence-corrected chi connectivity index (χ0v) is 30.9. The molecule has 0 radical (unpaired) electrons. The number of aliphatic hydroxyl groups excluding tert-OH is 3. The largest absolute Gasteiger partial charge is 0.481 e. The van der Waals surface area contributed by atoms with Crippen LogP contribution < -0.4 is 0 Å². The summed E-state index contributed by atoms with van der Waals surface area (Å²) in [6, 6.07) is 0. The van der Waals surface area contributed by atoms with E-state index in [1.165, 1.54) is 0 Å². The topological polar surface area (TPSA) is 134 Å². The highest BCUT2D eigenvalue weighted by atomic mass is 16.5. The normalized spacial score (nSPS) is 52.0. The third-order valence-electron chi connectivity index (χ3n) is 16.5. The molecule has 4 N–H and O–H groups in total. The molecule has 0 aromatic heterocycles. The molecule has 5 aliphatic carbocycles. The fraction of sp³-hybridized carbons (Fsp3) is 0.902.